The van der Waals surface area contributed by atoms with Gasteiger partial charge in [0.25, 0.3) is 0 Å². The molecule has 0 aliphatic rings. The average molecular weight is 199 g/mol. The SMILES string of the molecule is CCN(Cc1ccccc1)S(=O)O. The zero-order chi connectivity index (χ0) is 9.68. The fourth-order valence-electron chi connectivity index (χ4n) is 1.06. The van der Waals surface area contributed by atoms with E-state index < -0.39 is 11.3 Å². The standard InChI is InChI=1S/C9H13NO2S/c1-2-10(13(11)12)8-9-6-4-3-5-7-9/h3-7H,2,8H2,1H3,(H,11,12). The fourth-order valence-corrected chi connectivity index (χ4v) is 1.54. The van der Waals surface area contributed by atoms with Crippen molar-refractivity contribution in [2.45, 2.75) is 13.5 Å². The Bertz CT molecular complexity index is 276. The van der Waals surface area contributed by atoms with Gasteiger partial charge in [-0.1, -0.05) is 37.3 Å². The van der Waals surface area contributed by atoms with Crippen LogP contribution >= 0.6 is 0 Å². The van der Waals surface area contributed by atoms with Crippen LogP contribution in [0.3, 0.4) is 0 Å². The fraction of sp³-hybridized carbons (Fsp3) is 0.333. The molecular weight excluding hydrogens is 186 g/mol. The summed E-state index contributed by atoms with van der Waals surface area (Å²) >= 11 is -1.87. The Morgan fingerprint density at radius 1 is 1.38 bits per heavy atom. The van der Waals surface area contributed by atoms with Crippen molar-refractivity contribution >= 4 is 11.3 Å². The zero-order valence-corrected chi connectivity index (χ0v) is 8.33. The summed E-state index contributed by atoms with van der Waals surface area (Å²) < 4.78 is 21.1. The predicted molar refractivity (Wildman–Crippen MR) is 53.3 cm³/mol. The number of rotatable bonds is 4. The van der Waals surface area contributed by atoms with Gasteiger partial charge in [-0.15, -0.1) is 0 Å². The van der Waals surface area contributed by atoms with Crippen LogP contribution in [0.4, 0.5) is 0 Å². The normalized spacial score (nSPS) is 13.2. The van der Waals surface area contributed by atoms with E-state index >= 15 is 0 Å². The number of nitrogens with zero attached hydrogens (tertiary/aromatic N) is 1. The largest absolute Gasteiger partial charge is 0.294 e. The highest BCUT2D eigenvalue weighted by Gasteiger charge is 2.07. The third-order valence-corrected chi connectivity index (χ3v) is 2.60. The first-order chi connectivity index (χ1) is 6.24. The van der Waals surface area contributed by atoms with Crippen LogP contribution < -0.4 is 0 Å². The van der Waals surface area contributed by atoms with Crippen molar-refractivity contribution in [3.05, 3.63) is 35.9 Å². The summed E-state index contributed by atoms with van der Waals surface area (Å²) in [7, 11) is 0. The van der Waals surface area contributed by atoms with Crippen LogP contribution in [0, 0.1) is 0 Å². The number of hydrogen-bond donors (Lipinski definition) is 1. The van der Waals surface area contributed by atoms with Gasteiger partial charge in [-0.05, 0) is 5.56 Å². The molecule has 3 nitrogen and oxygen atoms in total. The second-order valence-electron chi connectivity index (χ2n) is 2.67. The quantitative estimate of drug-likeness (QED) is 0.749. The first-order valence-corrected chi connectivity index (χ1v) is 5.20. The molecule has 0 heterocycles. The van der Waals surface area contributed by atoms with E-state index in [2.05, 4.69) is 0 Å². The van der Waals surface area contributed by atoms with Gasteiger partial charge in [0.05, 0.1) is 0 Å². The van der Waals surface area contributed by atoms with Crippen LogP contribution in [0.25, 0.3) is 0 Å². The second kappa shape index (κ2) is 5.11. The van der Waals surface area contributed by atoms with Crippen molar-refractivity contribution in [2.75, 3.05) is 6.54 Å². The lowest BCUT2D eigenvalue weighted by Crippen LogP contribution is -2.24. The molecule has 0 saturated carbocycles. The molecule has 1 rings (SSSR count). The Labute approximate surface area is 80.8 Å². The van der Waals surface area contributed by atoms with Crippen molar-refractivity contribution in [1.82, 2.24) is 4.31 Å². The highest BCUT2D eigenvalue weighted by molar-refractivity contribution is 7.76. The molecule has 1 unspecified atom stereocenters. The van der Waals surface area contributed by atoms with Gasteiger partial charge in [-0.2, -0.15) is 4.31 Å². The van der Waals surface area contributed by atoms with Crippen molar-refractivity contribution in [1.29, 1.82) is 0 Å². The van der Waals surface area contributed by atoms with Gasteiger partial charge in [0, 0.05) is 13.1 Å². The number of hydrogen-bond acceptors (Lipinski definition) is 1. The van der Waals surface area contributed by atoms with E-state index in [0.717, 1.165) is 5.56 Å². The van der Waals surface area contributed by atoms with Crippen LogP contribution in [0.2, 0.25) is 0 Å². The van der Waals surface area contributed by atoms with Crippen LogP contribution in [0.1, 0.15) is 12.5 Å². The molecule has 72 valence electrons. The molecule has 0 aliphatic heterocycles. The van der Waals surface area contributed by atoms with Gasteiger partial charge in [-0.3, -0.25) is 4.55 Å². The topological polar surface area (TPSA) is 40.5 Å². The summed E-state index contributed by atoms with van der Waals surface area (Å²) in [6.07, 6.45) is 0. The molecule has 13 heavy (non-hydrogen) atoms. The summed E-state index contributed by atoms with van der Waals surface area (Å²) in [4.78, 5) is 0. The summed E-state index contributed by atoms with van der Waals surface area (Å²) in [5.41, 5.74) is 1.05. The third kappa shape index (κ3) is 3.26. The van der Waals surface area contributed by atoms with E-state index in [0.29, 0.717) is 13.1 Å². The maximum Gasteiger partial charge on any atom is 0.234 e. The lowest BCUT2D eigenvalue weighted by molar-refractivity contribution is 0.407. The van der Waals surface area contributed by atoms with Crippen molar-refractivity contribution < 1.29 is 8.76 Å². The van der Waals surface area contributed by atoms with E-state index in [-0.39, 0.29) is 0 Å². The number of benzene rings is 1. The molecule has 0 amide bonds. The molecule has 0 aliphatic carbocycles. The Kier molecular flexibility index (Phi) is 4.08. The summed E-state index contributed by atoms with van der Waals surface area (Å²) in [6, 6.07) is 9.65. The van der Waals surface area contributed by atoms with Gasteiger partial charge in [0.1, 0.15) is 0 Å². The first-order valence-electron chi connectivity index (χ1n) is 4.14. The lowest BCUT2D eigenvalue weighted by Gasteiger charge is -2.14. The highest BCUT2D eigenvalue weighted by atomic mass is 32.2. The van der Waals surface area contributed by atoms with Crippen LogP contribution in [-0.2, 0) is 17.8 Å². The van der Waals surface area contributed by atoms with E-state index in [4.69, 9.17) is 4.55 Å². The highest BCUT2D eigenvalue weighted by Crippen LogP contribution is 2.04. The molecular formula is C9H13NO2S. The summed E-state index contributed by atoms with van der Waals surface area (Å²) in [6.45, 7) is 2.94. The van der Waals surface area contributed by atoms with E-state index in [1.807, 2.05) is 37.3 Å². The van der Waals surface area contributed by atoms with E-state index in [9.17, 15) is 4.21 Å². The molecule has 0 fully saturated rings. The predicted octanol–water partition coefficient (Wildman–Crippen LogP) is 1.65. The smallest absolute Gasteiger partial charge is 0.234 e. The molecule has 0 saturated heterocycles. The van der Waals surface area contributed by atoms with Crippen LogP contribution in [0.15, 0.2) is 30.3 Å². The van der Waals surface area contributed by atoms with Gasteiger partial charge >= 0.3 is 0 Å². The van der Waals surface area contributed by atoms with Crippen LogP contribution in [-0.4, -0.2) is 19.6 Å². The lowest BCUT2D eigenvalue weighted by atomic mass is 10.2. The second-order valence-corrected chi connectivity index (χ2v) is 3.65. The van der Waals surface area contributed by atoms with Crippen molar-refractivity contribution in [3.8, 4) is 0 Å². The Balaban J connectivity index is 2.62. The van der Waals surface area contributed by atoms with Gasteiger partial charge < -0.3 is 0 Å². The molecule has 1 aromatic rings. The Hall–Kier alpha value is -0.710. The maximum absolute atomic E-state index is 10.8. The minimum absolute atomic E-state index is 0.514. The Morgan fingerprint density at radius 2 is 2.00 bits per heavy atom. The molecule has 1 N–H and O–H groups in total. The van der Waals surface area contributed by atoms with E-state index in [1.165, 1.54) is 4.31 Å². The molecule has 0 spiro atoms. The van der Waals surface area contributed by atoms with Crippen LogP contribution in [0.5, 0.6) is 0 Å². The van der Waals surface area contributed by atoms with Gasteiger partial charge in [-0.25, -0.2) is 4.21 Å². The van der Waals surface area contributed by atoms with Crippen molar-refractivity contribution in [2.24, 2.45) is 0 Å². The molecule has 1 atom stereocenters. The summed E-state index contributed by atoms with van der Waals surface area (Å²) in [5.74, 6) is 0. The minimum atomic E-state index is -1.87. The van der Waals surface area contributed by atoms with Crippen molar-refractivity contribution in [3.63, 3.8) is 0 Å². The monoisotopic (exact) mass is 199 g/mol. The van der Waals surface area contributed by atoms with Gasteiger partial charge in [0.2, 0.25) is 11.3 Å². The first kappa shape index (κ1) is 10.4. The summed E-state index contributed by atoms with van der Waals surface area (Å²) in [5, 5.41) is 0. The van der Waals surface area contributed by atoms with E-state index in [1.54, 1.807) is 0 Å². The Morgan fingerprint density at radius 3 is 2.46 bits per heavy atom. The molecule has 0 aromatic heterocycles. The molecule has 0 radical (unpaired) electrons. The molecule has 0 bridgehead atoms. The maximum atomic E-state index is 10.8. The average Bonchev–Trinajstić information content (AvgIpc) is 2.15. The molecule has 4 heteroatoms. The minimum Gasteiger partial charge on any atom is -0.294 e. The van der Waals surface area contributed by atoms with Gasteiger partial charge in [0.15, 0.2) is 0 Å². The molecule has 1 aromatic carbocycles. The zero-order valence-electron chi connectivity index (χ0n) is 7.51. The third-order valence-electron chi connectivity index (χ3n) is 1.78.